The summed E-state index contributed by atoms with van der Waals surface area (Å²) >= 11 is 0. The average Bonchev–Trinajstić information content (AvgIpc) is 2.46. The summed E-state index contributed by atoms with van der Waals surface area (Å²) in [4.78, 5) is 0. The Hall–Kier alpha value is -2.07. The largest absolute Gasteiger partial charge is 0.497 e. The van der Waals surface area contributed by atoms with Crippen molar-refractivity contribution in [3.63, 3.8) is 0 Å². The number of methoxy groups -OCH3 is 1. The van der Waals surface area contributed by atoms with Crippen LogP contribution in [-0.4, -0.2) is 27.0 Å². The molecule has 0 bridgehead atoms. The van der Waals surface area contributed by atoms with Crippen molar-refractivity contribution in [1.82, 2.24) is 0 Å². The number of unbranched alkanes of at least 4 members (excludes halogenated alkanes) is 1. The maximum atomic E-state index is 11.5. The van der Waals surface area contributed by atoms with Gasteiger partial charge in [-0.05, 0) is 30.7 Å². The molecule has 0 amide bonds. The van der Waals surface area contributed by atoms with E-state index in [1.807, 2.05) is 6.92 Å². The van der Waals surface area contributed by atoms with Gasteiger partial charge < -0.3 is 4.74 Å². The Morgan fingerprint density at radius 2 is 2.00 bits per heavy atom. The van der Waals surface area contributed by atoms with E-state index in [1.54, 1.807) is 30.3 Å². The molecule has 0 aliphatic carbocycles. The molecule has 1 aromatic rings. The Balaban J connectivity index is 2.85. The molecule has 0 heterocycles. The molecule has 0 unspecified atom stereocenters. The van der Waals surface area contributed by atoms with Gasteiger partial charge in [-0.15, -0.1) is 0 Å². The predicted octanol–water partition coefficient (Wildman–Crippen LogP) is 2.07. The highest BCUT2D eigenvalue weighted by Crippen LogP contribution is 2.12. The molecule has 1 aromatic carbocycles. The summed E-state index contributed by atoms with van der Waals surface area (Å²) in [7, 11) is -2.21. The molecule has 0 radical (unpaired) electrons. The molecule has 0 fully saturated rings. The van der Waals surface area contributed by atoms with Crippen molar-refractivity contribution in [2.45, 2.75) is 19.8 Å². The van der Waals surface area contributed by atoms with Crippen LogP contribution < -0.4 is 4.74 Å². The molecule has 0 saturated carbocycles. The number of oxime groups is 1. The zero-order valence-corrected chi connectivity index (χ0v) is 12.2. The lowest BCUT2D eigenvalue weighted by Gasteiger charge is -2.02. The standard InChI is InChI=1S/C13H16N2O4S/c1-3-4-9-20(16,17)19-15-13(10-14)11-5-7-12(18-2)8-6-11/h5-8H,3-4,9H2,1-2H3. The van der Waals surface area contributed by atoms with Crippen molar-refractivity contribution in [2.75, 3.05) is 12.9 Å². The molecule has 0 aromatic heterocycles. The van der Waals surface area contributed by atoms with Gasteiger partial charge >= 0.3 is 10.1 Å². The van der Waals surface area contributed by atoms with E-state index < -0.39 is 10.1 Å². The topological polar surface area (TPSA) is 88.8 Å². The minimum atomic E-state index is -3.73. The number of rotatable bonds is 7. The first-order valence-corrected chi connectivity index (χ1v) is 7.64. The zero-order chi connectivity index (χ0) is 15.0. The SMILES string of the molecule is CCCCS(=O)(=O)ON=C(C#N)c1ccc(OC)cc1. The Labute approximate surface area is 118 Å². The normalized spacial score (nSPS) is 11.8. The number of hydrogen-bond acceptors (Lipinski definition) is 6. The minimum absolute atomic E-state index is 0.104. The quantitative estimate of drug-likeness (QED) is 0.567. The zero-order valence-electron chi connectivity index (χ0n) is 11.4. The fraction of sp³-hybridized carbons (Fsp3) is 0.385. The highest BCUT2D eigenvalue weighted by Gasteiger charge is 2.12. The first-order valence-electron chi connectivity index (χ1n) is 6.06. The van der Waals surface area contributed by atoms with Crippen molar-refractivity contribution in [2.24, 2.45) is 5.16 Å². The van der Waals surface area contributed by atoms with Crippen LogP contribution >= 0.6 is 0 Å². The maximum Gasteiger partial charge on any atom is 0.328 e. The van der Waals surface area contributed by atoms with Crippen LogP contribution in [0.3, 0.4) is 0 Å². The van der Waals surface area contributed by atoms with Crippen LogP contribution in [0.25, 0.3) is 0 Å². The molecule has 0 aliphatic rings. The van der Waals surface area contributed by atoms with Crippen molar-refractivity contribution in [3.05, 3.63) is 29.8 Å². The highest BCUT2D eigenvalue weighted by atomic mass is 32.2. The predicted molar refractivity (Wildman–Crippen MR) is 74.9 cm³/mol. The Bertz CT molecular complexity index is 600. The van der Waals surface area contributed by atoms with Crippen LogP contribution in [0.1, 0.15) is 25.3 Å². The van der Waals surface area contributed by atoms with E-state index >= 15 is 0 Å². The summed E-state index contributed by atoms with van der Waals surface area (Å²) in [5.74, 6) is 0.511. The Kier molecular flexibility index (Phi) is 6.00. The van der Waals surface area contributed by atoms with E-state index in [0.29, 0.717) is 17.7 Å². The Morgan fingerprint density at radius 1 is 1.35 bits per heavy atom. The van der Waals surface area contributed by atoms with Crippen LogP contribution in [0.15, 0.2) is 29.4 Å². The van der Waals surface area contributed by atoms with Crippen molar-refractivity contribution in [3.8, 4) is 11.8 Å². The molecule has 6 nitrogen and oxygen atoms in total. The number of benzene rings is 1. The second-order valence-corrected chi connectivity index (χ2v) is 5.64. The lowest BCUT2D eigenvalue weighted by molar-refractivity contribution is 0.339. The third-order valence-electron chi connectivity index (χ3n) is 2.46. The minimum Gasteiger partial charge on any atom is -0.497 e. The van der Waals surface area contributed by atoms with Gasteiger partial charge in [-0.1, -0.05) is 18.5 Å². The third-order valence-corrected chi connectivity index (χ3v) is 3.55. The van der Waals surface area contributed by atoms with Gasteiger partial charge in [0.1, 0.15) is 11.8 Å². The molecule has 0 spiro atoms. The maximum absolute atomic E-state index is 11.5. The Morgan fingerprint density at radius 3 is 2.50 bits per heavy atom. The van der Waals surface area contributed by atoms with Crippen LogP contribution in [0.4, 0.5) is 0 Å². The summed E-state index contributed by atoms with van der Waals surface area (Å²) in [6.07, 6.45) is 1.22. The molecule has 7 heteroatoms. The summed E-state index contributed by atoms with van der Waals surface area (Å²) in [5.41, 5.74) is 0.353. The van der Waals surface area contributed by atoms with Crippen molar-refractivity contribution in [1.29, 1.82) is 5.26 Å². The van der Waals surface area contributed by atoms with E-state index in [-0.39, 0.29) is 11.5 Å². The lowest BCUT2D eigenvalue weighted by Crippen LogP contribution is -2.09. The summed E-state index contributed by atoms with van der Waals surface area (Å²) in [6, 6.07) is 8.30. The van der Waals surface area contributed by atoms with E-state index in [0.717, 1.165) is 6.42 Å². The van der Waals surface area contributed by atoms with E-state index in [4.69, 9.17) is 10.00 Å². The van der Waals surface area contributed by atoms with Gasteiger partial charge in [0, 0.05) is 5.56 Å². The fourth-order valence-corrected chi connectivity index (χ4v) is 2.24. The van der Waals surface area contributed by atoms with Gasteiger partial charge in [0.15, 0.2) is 5.71 Å². The number of ether oxygens (including phenoxy) is 1. The number of hydrogen-bond donors (Lipinski definition) is 0. The molecular formula is C13H16N2O4S. The molecule has 20 heavy (non-hydrogen) atoms. The molecular weight excluding hydrogens is 280 g/mol. The first-order chi connectivity index (χ1) is 9.52. The van der Waals surface area contributed by atoms with E-state index in [2.05, 4.69) is 9.44 Å². The summed E-state index contributed by atoms with van der Waals surface area (Å²) in [6.45, 7) is 1.87. The summed E-state index contributed by atoms with van der Waals surface area (Å²) in [5, 5.41) is 12.4. The van der Waals surface area contributed by atoms with Crippen LogP contribution in [-0.2, 0) is 14.4 Å². The fourth-order valence-electron chi connectivity index (χ4n) is 1.34. The van der Waals surface area contributed by atoms with Gasteiger partial charge in [-0.3, -0.25) is 4.28 Å². The lowest BCUT2D eigenvalue weighted by atomic mass is 10.1. The van der Waals surface area contributed by atoms with Gasteiger partial charge in [0.25, 0.3) is 0 Å². The second kappa shape index (κ2) is 7.50. The summed E-state index contributed by atoms with van der Waals surface area (Å²) < 4.78 is 32.5. The van der Waals surface area contributed by atoms with Crippen LogP contribution in [0.2, 0.25) is 0 Å². The molecule has 0 saturated heterocycles. The van der Waals surface area contributed by atoms with Gasteiger partial charge in [0.05, 0.1) is 12.9 Å². The van der Waals surface area contributed by atoms with Gasteiger partial charge in [0.2, 0.25) is 0 Å². The number of nitrogens with zero attached hydrogens (tertiary/aromatic N) is 2. The van der Waals surface area contributed by atoms with E-state index in [1.165, 1.54) is 7.11 Å². The van der Waals surface area contributed by atoms with Gasteiger partial charge in [-0.25, -0.2) is 0 Å². The number of nitriles is 1. The highest BCUT2D eigenvalue weighted by molar-refractivity contribution is 7.86. The molecule has 0 atom stereocenters. The molecule has 0 aliphatic heterocycles. The van der Waals surface area contributed by atoms with Crippen molar-refractivity contribution >= 4 is 15.8 Å². The van der Waals surface area contributed by atoms with Crippen molar-refractivity contribution < 1.29 is 17.4 Å². The third kappa shape index (κ3) is 4.90. The molecule has 108 valence electrons. The average molecular weight is 296 g/mol. The van der Waals surface area contributed by atoms with Crippen LogP contribution in [0.5, 0.6) is 5.75 Å². The van der Waals surface area contributed by atoms with Crippen LogP contribution in [0, 0.1) is 11.3 Å². The smallest absolute Gasteiger partial charge is 0.328 e. The van der Waals surface area contributed by atoms with Gasteiger partial charge in [-0.2, -0.15) is 13.7 Å². The molecule has 0 N–H and O–H groups in total. The molecule has 1 rings (SSSR count). The first kappa shape index (κ1) is 16.0. The second-order valence-electron chi connectivity index (χ2n) is 3.97. The van der Waals surface area contributed by atoms with E-state index in [9.17, 15) is 8.42 Å². The monoisotopic (exact) mass is 296 g/mol.